The van der Waals surface area contributed by atoms with E-state index in [1.54, 1.807) is 32.2 Å². The van der Waals surface area contributed by atoms with Gasteiger partial charge in [-0.3, -0.25) is 9.59 Å². The van der Waals surface area contributed by atoms with E-state index in [0.717, 1.165) is 6.42 Å². The van der Waals surface area contributed by atoms with Gasteiger partial charge in [-0.15, -0.1) is 0 Å². The van der Waals surface area contributed by atoms with E-state index >= 15 is 0 Å². The molecule has 0 aromatic heterocycles. The molecule has 1 heterocycles. The third-order valence-electron chi connectivity index (χ3n) is 4.00. The molecule has 0 saturated heterocycles. The summed E-state index contributed by atoms with van der Waals surface area (Å²) in [5, 5.41) is 0. The Labute approximate surface area is 124 Å². The average molecular weight is 291 g/mol. The van der Waals surface area contributed by atoms with Crippen LogP contribution in [0.3, 0.4) is 0 Å². The lowest BCUT2D eigenvalue weighted by atomic mass is 10.0. The van der Waals surface area contributed by atoms with Crippen molar-refractivity contribution in [1.29, 1.82) is 0 Å². The molecule has 1 aliphatic rings. The molecule has 5 heteroatoms. The van der Waals surface area contributed by atoms with E-state index in [9.17, 15) is 9.59 Å². The maximum Gasteiger partial charge on any atom is 0.231 e. The van der Waals surface area contributed by atoms with Crippen molar-refractivity contribution < 1.29 is 19.1 Å². The summed E-state index contributed by atoms with van der Waals surface area (Å²) in [5.41, 5.74) is 0.524. The van der Waals surface area contributed by atoms with Gasteiger partial charge in [-0.2, -0.15) is 0 Å². The lowest BCUT2D eigenvalue weighted by Gasteiger charge is -2.26. The molecular weight excluding hydrogens is 270 g/mol. The molecule has 0 bridgehead atoms. The summed E-state index contributed by atoms with van der Waals surface area (Å²) in [7, 11) is 1.67. The fourth-order valence-corrected chi connectivity index (χ4v) is 2.18. The molecule has 5 nitrogen and oxygen atoms in total. The Morgan fingerprint density at radius 1 is 1.24 bits per heavy atom. The van der Waals surface area contributed by atoms with Crippen LogP contribution >= 0.6 is 0 Å². The van der Waals surface area contributed by atoms with Crippen molar-refractivity contribution >= 4 is 11.7 Å². The number of ketones is 1. The lowest BCUT2D eigenvalue weighted by Crippen LogP contribution is -2.42. The molecule has 1 aromatic carbocycles. The van der Waals surface area contributed by atoms with Crippen molar-refractivity contribution in [2.24, 2.45) is 5.92 Å². The largest absolute Gasteiger partial charge is 0.454 e. The molecule has 2 rings (SSSR count). The number of carbonyl (C=O) groups is 2. The van der Waals surface area contributed by atoms with E-state index in [1.165, 1.54) is 4.90 Å². The van der Waals surface area contributed by atoms with Crippen LogP contribution in [0.25, 0.3) is 0 Å². The van der Waals surface area contributed by atoms with Crippen LogP contribution in [0.5, 0.6) is 11.5 Å². The molecule has 2 atom stereocenters. The smallest absolute Gasteiger partial charge is 0.231 e. The first-order chi connectivity index (χ1) is 9.95. The van der Waals surface area contributed by atoms with E-state index < -0.39 is 6.04 Å². The molecule has 1 amide bonds. The third kappa shape index (κ3) is 3.01. The highest BCUT2D eigenvalue weighted by Gasteiger charge is 2.27. The number of rotatable bonds is 5. The van der Waals surface area contributed by atoms with Gasteiger partial charge in [0, 0.05) is 18.5 Å². The quantitative estimate of drug-likeness (QED) is 0.782. The van der Waals surface area contributed by atoms with Crippen molar-refractivity contribution in [3.05, 3.63) is 23.8 Å². The van der Waals surface area contributed by atoms with Crippen molar-refractivity contribution in [1.82, 2.24) is 4.90 Å². The number of ether oxygens (including phenoxy) is 2. The van der Waals surface area contributed by atoms with E-state index in [4.69, 9.17) is 9.47 Å². The number of hydrogen-bond donors (Lipinski definition) is 0. The highest BCUT2D eigenvalue weighted by molar-refractivity contribution is 6.02. The van der Waals surface area contributed by atoms with Crippen LogP contribution in [0.4, 0.5) is 0 Å². The van der Waals surface area contributed by atoms with Crippen LogP contribution in [0.1, 0.15) is 37.6 Å². The normalized spacial score (nSPS) is 15.4. The minimum absolute atomic E-state index is 0.0147. The molecule has 0 radical (unpaired) electrons. The van der Waals surface area contributed by atoms with Gasteiger partial charge in [0.1, 0.15) is 0 Å². The molecule has 0 N–H and O–H groups in total. The second-order valence-electron chi connectivity index (χ2n) is 5.37. The van der Waals surface area contributed by atoms with Gasteiger partial charge in [-0.25, -0.2) is 0 Å². The van der Waals surface area contributed by atoms with Crippen LogP contribution in [0.15, 0.2) is 18.2 Å². The predicted molar refractivity (Wildman–Crippen MR) is 78.6 cm³/mol. The number of amides is 1. The van der Waals surface area contributed by atoms with Gasteiger partial charge in [0.2, 0.25) is 12.7 Å². The van der Waals surface area contributed by atoms with E-state index in [0.29, 0.717) is 17.1 Å². The number of carbonyl (C=O) groups excluding carboxylic acids is 2. The molecule has 2 unspecified atom stereocenters. The van der Waals surface area contributed by atoms with Gasteiger partial charge in [-0.05, 0) is 31.5 Å². The maximum absolute atomic E-state index is 12.5. The summed E-state index contributed by atoms with van der Waals surface area (Å²) in [5.74, 6) is 1.01. The molecule has 114 valence electrons. The zero-order valence-electron chi connectivity index (χ0n) is 12.9. The lowest BCUT2D eigenvalue weighted by molar-refractivity contribution is -0.134. The number of Topliss-reactive ketones (excluding diaryl/α,β-unsaturated/α-hetero) is 1. The van der Waals surface area contributed by atoms with Gasteiger partial charge in [0.05, 0.1) is 6.04 Å². The average Bonchev–Trinajstić information content (AvgIpc) is 2.98. The number of benzene rings is 1. The first kappa shape index (κ1) is 15.4. The Bertz CT molecular complexity index is 555. The molecule has 0 fully saturated rings. The fraction of sp³-hybridized carbons (Fsp3) is 0.500. The Kier molecular flexibility index (Phi) is 4.50. The van der Waals surface area contributed by atoms with Crippen molar-refractivity contribution in [3.8, 4) is 11.5 Å². The molecule has 0 saturated carbocycles. The summed E-state index contributed by atoms with van der Waals surface area (Å²) >= 11 is 0. The number of hydrogen-bond acceptors (Lipinski definition) is 4. The SMILES string of the molecule is CCC(C)C(=O)N(C)C(C)C(=O)c1ccc2c(c1)OCO2. The third-order valence-corrected chi connectivity index (χ3v) is 4.00. The monoisotopic (exact) mass is 291 g/mol. The molecule has 0 spiro atoms. The predicted octanol–water partition coefficient (Wildman–Crippen LogP) is 2.49. The standard InChI is InChI=1S/C16H21NO4/c1-5-10(2)16(19)17(4)11(3)15(18)12-6-7-13-14(8-12)21-9-20-13/h6-8,10-11H,5,9H2,1-4H3. The van der Waals surface area contributed by atoms with Gasteiger partial charge >= 0.3 is 0 Å². The summed E-state index contributed by atoms with van der Waals surface area (Å²) in [6.07, 6.45) is 0.758. The molecule has 1 aliphatic heterocycles. The molecule has 1 aromatic rings. The highest BCUT2D eigenvalue weighted by atomic mass is 16.7. The number of nitrogens with zero attached hydrogens (tertiary/aromatic N) is 1. The van der Waals surface area contributed by atoms with Gasteiger partial charge in [0.15, 0.2) is 17.3 Å². The second-order valence-corrected chi connectivity index (χ2v) is 5.37. The van der Waals surface area contributed by atoms with E-state index in [-0.39, 0.29) is 24.4 Å². The first-order valence-corrected chi connectivity index (χ1v) is 7.16. The van der Waals surface area contributed by atoms with Gasteiger partial charge in [-0.1, -0.05) is 13.8 Å². The summed E-state index contributed by atoms with van der Waals surface area (Å²) in [6.45, 7) is 5.75. The Morgan fingerprint density at radius 3 is 2.57 bits per heavy atom. The van der Waals surface area contributed by atoms with Gasteiger partial charge in [0.25, 0.3) is 0 Å². The zero-order valence-corrected chi connectivity index (χ0v) is 12.9. The summed E-state index contributed by atoms with van der Waals surface area (Å²) in [4.78, 5) is 26.2. The Balaban J connectivity index is 2.14. The topological polar surface area (TPSA) is 55.8 Å². The maximum atomic E-state index is 12.5. The summed E-state index contributed by atoms with van der Waals surface area (Å²) in [6, 6.07) is 4.59. The second kappa shape index (κ2) is 6.16. The van der Waals surface area contributed by atoms with E-state index in [2.05, 4.69) is 0 Å². The van der Waals surface area contributed by atoms with E-state index in [1.807, 2.05) is 13.8 Å². The van der Waals surface area contributed by atoms with Crippen LogP contribution in [0, 0.1) is 5.92 Å². The molecule has 0 aliphatic carbocycles. The van der Waals surface area contributed by atoms with Crippen molar-refractivity contribution in [2.75, 3.05) is 13.8 Å². The van der Waals surface area contributed by atoms with Crippen molar-refractivity contribution in [3.63, 3.8) is 0 Å². The van der Waals surface area contributed by atoms with Crippen LogP contribution in [-0.2, 0) is 4.79 Å². The minimum atomic E-state index is -0.508. The van der Waals surface area contributed by atoms with Gasteiger partial charge < -0.3 is 14.4 Å². The molecule has 21 heavy (non-hydrogen) atoms. The fourth-order valence-electron chi connectivity index (χ4n) is 2.18. The Hall–Kier alpha value is -2.04. The first-order valence-electron chi connectivity index (χ1n) is 7.16. The van der Waals surface area contributed by atoms with Crippen molar-refractivity contribution in [2.45, 2.75) is 33.2 Å². The van der Waals surface area contributed by atoms with Crippen LogP contribution in [0.2, 0.25) is 0 Å². The minimum Gasteiger partial charge on any atom is -0.454 e. The zero-order chi connectivity index (χ0) is 15.6. The molecular formula is C16H21NO4. The summed E-state index contributed by atoms with van der Waals surface area (Å²) < 4.78 is 10.5. The highest BCUT2D eigenvalue weighted by Crippen LogP contribution is 2.33. The number of fused-ring (bicyclic) bond motifs is 1. The Morgan fingerprint density at radius 2 is 1.90 bits per heavy atom. The van der Waals surface area contributed by atoms with Crippen LogP contribution < -0.4 is 9.47 Å². The number of likely N-dealkylation sites (N-methyl/N-ethyl adjacent to an activating group) is 1. The van der Waals surface area contributed by atoms with Crippen LogP contribution in [-0.4, -0.2) is 36.5 Å².